The second kappa shape index (κ2) is 7.28. The molecule has 1 aromatic rings. The van der Waals surface area contributed by atoms with Crippen LogP contribution >= 0.6 is 0 Å². The maximum absolute atomic E-state index is 13.6. The average molecular weight is 304 g/mol. The number of hydrogen-bond donors (Lipinski definition) is 0. The van der Waals surface area contributed by atoms with Gasteiger partial charge in [-0.3, -0.25) is 0 Å². The Morgan fingerprint density at radius 3 is 2.60 bits per heavy atom. The van der Waals surface area contributed by atoms with Gasteiger partial charge in [-0.1, -0.05) is 0 Å². The summed E-state index contributed by atoms with van der Waals surface area (Å²) in [7, 11) is -2.74. The first-order valence-corrected chi connectivity index (χ1v) is 7.18. The van der Waals surface area contributed by atoms with Gasteiger partial charge in [0.25, 0.3) is 0 Å². The molecular formula is C12H14F2N2O3S. The lowest BCUT2D eigenvalue weighted by Crippen LogP contribution is -2.35. The summed E-state index contributed by atoms with van der Waals surface area (Å²) in [6.07, 6.45) is -0.0360. The van der Waals surface area contributed by atoms with E-state index in [1.165, 1.54) is 7.11 Å². The van der Waals surface area contributed by atoms with Crippen LogP contribution in [0.3, 0.4) is 0 Å². The number of sulfonamides is 1. The molecule has 0 bridgehead atoms. The number of nitrogens with zero attached hydrogens (tertiary/aromatic N) is 2. The van der Waals surface area contributed by atoms with Gasteiger partial charge < -0.3 is 4.74 Å². The Morgan fingerprint density at radius 2 is 2.05 bits per heavy atom. The Bertz CT molecular complexity index is 599. The van der Waals surface area contributed by atoms with Crippen LogP contribution in [0.1, 0.15) is 6.42 Å². The van der Waals surface area contributed by atoms with E-state index < -0.39 is 26.6 Å². The first-order valence-electron chi connectivity index (χ1n) is 5.74. The van der Waals surface area contributed by atoms with Crippen LogP contribution in [0.15, 0.2) is 23.1 Å². The fourth-order valence-electron chi connectivity index (χ4n) is 1.54. The van der Waals surface area contributed by atoms with Crippen molar-refractivity contribution in [3.8, 4) is 6.07 Å². The minimum atomic E-state index is -4.13. The molecule has 0 saturated heterocycles. The molecule has 8 heteroatoms. The summed E-state index contributed by atoms with van der Waals surface area (Å²) in [5.74, 6) is -2.02. The molecule has 0 N–H and O–H groups in total. The highest BCUT2D eigenvalue weighted by Crippen LogP contribution is 2.20. The summed E-state index contributed by atoms with van der Waals surface area (Å²) in [5, 5.41) is 8.54. The lowest BCUT2D eigenvalue weighted by atomic mass is 10.3. The molecule has 20 heavy (non-hydrogen) atoms. The quantitative estimate of drug-likeness (QED) is 0.765. The maximum atomic E-state index is 13.6. The molecule has 0 atom stereocenters. The molecule has 1 rings (SSSR count). The van der Waals surface area contributed by atoms with E-state index in [2.05, 4.69) is 0 Å². The van der Waals surface area contributed by atoms with Crippen molar-refractivity contribution < 1.29 is 21.9 Å². The van der Waals surface area contributed by atoms with Crippen LogP contribution in [0, 0.1) is 23.0 Å². The molecule has 0 aromatic heterocycles. The standard InChI is InChI=1S/C12H14F2N2O3S/c1-19-8-7-16(6-2-5-15)20(17,18)12-4-3-10(13)9-11(12)14/h3-4,9H,2,6-8H2,1H3. The molecule has 0 aliphatic carbocycles. The van der Waals surface area contributed by atoms with Gasteiger partial charge in [0.2, 0.25) is 10.0 Å². The zero-order valence-corrected chi connectivity index (χ0v) is 11.7. The Labute approximate surface area is 116 Å². The highest BCUT2D eigenvalue weighted by molar-refractivity contribution is 7.89. The molecule has 0 spiro atoms. The third kappa shape index (κ3) is 3.96. The minimum Gasteiger partial charge on any atom is -0.383 e. The highest BCUT2D eigenvalue weighted by Gasteiger charge is 2.27. The van der Waals surface area contributed by atoms with Crippen molar-refractivity contribution in [2.45, 2.75) is 11.3 Å². The van der Waals surface area contributed by atoms with Crippen molar-refractivity contribution in [2.75, 3.05) is 26.8 Å². The Morgan fingerprint density at radius 1 is 1.35 bits per heavy atom. The first-order chi connectivity index (χ1) is 9.43. The van der Waals surface area contributed by atoms with Crippen LogP contribution < -0.4 is 0 Å². The molecule has 0 radical (unpaired) electrons. The van der Waals surface area contributed by atoms with E-state index in [0.717, 1.165) is 16.4 Å². The van der Waals surface area contributed by atoms with E-state index in [4.69, 9.17) is 10.00 Å². The Balaban J connectivity index is 3.11. The zero-order valence-electron chi connectivity index (χ0n) is 10.8. The van der Waals surface area contributed by atoms with E-state index in [0.29, 0.717) is 6.07 Å². The monoisotopic (exact) mass is 304 g/mol. The van der Waals surface area contributed by atoms with Gasteiger partial charge in [-0.15, -0.1) is 0 Å². The number of nitriles is 1. The number of benzene rings is 1. The fraction of sp³-hybridized carbons (Fsp3) is 0.417. The summed E-state index contributed by atoms with van der Waals surface area (Å²) in [5.41, 5.74) is 0. The average Bonchev–Trinajstić information content (AvgIpc) is 2.38. The van der Waals surface area contributed by atoms with Gasteiger partial charge in [0, 0.05) is 32.7 Å². The van der Waals surface area contributed by atoms with Gasteiger partial charge in [-0.2, -0.15) is 9.57 Å². The smallest absolute Gasteiger partial charge is 0.246 e. The molecule has 1 aromatic carbocycles. The predicted molar refractivity (Wildman–Crippen MR) is 67.2 cm³/mol. The maximum Gasteiger partial charge on any atom is 0.246 e. The number of hydrogen-bond acceptors (Lipinski definition) is 4. The van der Waals surface area contributed by atoms with Crippen LogP contribution in [0.2, 0.25) is 0 Å². The predicted octanol–water partition coefficient (Wildman–Crippen LogP) is 1.52. The second-order valence-corrected chi connectivity index (χ2v) is 5.79. The van der Waals surface area contributed by atoms with E-state index in [-0.39, 0.29) is 26.1 Å². The van der Waals surface area contributed by atoms with Gasteiger partial charge >= 0.3 is 0 Å². The van der Waals surface area contributed by atoms with Crippen LogP contribution in [-0.4, -0.2) is 39.5 Å². The fourth-order valence-corrected chi connectivity index (χ4v) is 3.01. The summed E-state index contributed by atoms with van der Waals surface area (Å²) < 4.78 is 56.7. The van der Waals surface area contributed by atoms with E-state index >= 15 is 0 Å². The number of methoxy groups -OCH3 is 1. The van der Waals surface area contributed by atoms with Gasteiger partial charge in [0.15, 0.2) is 0 Å². The molecule has 0 aliphatic rings. The minimum absolute atomic E-state index is 0.0165. The SMILES string of the molecule is COCCN(CCC#N)S(=O)(=O)c1ccc(F)cc1F. The Hall–Kier alpha value is -1.56. The van der Waals surface area contributed by atoms with Gasteiger partial charge in [0.1, 0.15) is 16.5 Å². The third-order valence-corrected chi connectivity index (χ3v) is 4.46. The van der Waals surface area contributed by atoms with Crippen molar-refractivity contribution in [3.63, 3.8) is 0 Å². The number of rotatable bonds is 7. The molecule has 0 unspecified atom stereocenters. The van der Waals surface area contributed by atoms with Gasteiger partial charge in [-0.25, -0.2) is 17.2 Å². The molecule has 0 heterocycles. The van der Waals surface area contributed by atoms with E-state index in [1.54, 1.807) is 0 Å². The first kappa shape index (κ1) is 16.5. The van der Waals surface area contributed by atoms with E-state index in [9.17, 15) is 17.2 Å². The van der Waals surface area contributed by atoms with Crippen molar-refractivity contribution >= 4 is 10.0 Å². The van der Waals surface area contributed by atoms with Crippen molar-refractivity contribution in [3.05, 3.63) is 29.8 Å². The second-order valence-electron chi connectivity index (χ2n) is 3.88. The van der Waals surface area contributed by atoms with Crippen LogP contribution in [0.25, 0.3) is 0 Å². The van der Waals surface area contributed by atoms with Crippen LogP contribution in [0.4, 0.5) is 8.78 Å². The zero-order chi connectivity index (χ0) is 15.2. The topological polar surface area (TPSA) is 70.4 Å². The van der Waals surface area contributed by atoms with Gasteiger partial charge in [0.05, 0.1) is 12.7 Å². The number of ether oxygens (including phenoxy) is 1. The summed E-state index contributed by atoms with van der Waals surface area (Å²) in [6, 6.07) is 4.06. The van der Waals surface area contributed by atoms with E-state index in [1.807, 2.05) is 6.07 Å². The molecular weight excluding hydrogens is 290 g/mol. The third-order valence-electron chi connectivity index (χ3n) is 2.53. The largest absolute Gasteiger partial charge is 0.383 e. The van der Waals surface area contributed by atoms with Gasteiger partial charge in [-0.05, 0) is 12.1 Å². The molecule has 0 fully saturated rings. The lowest BCUT2D eigenvalue weighted by molar-refractivity contribution is 0.179. The lowest BCUT2D eigenvalue weighted by Gasteiger charge is -2.21. The van der Waals surface area contributed by atoms with Crippen LogP contribution in [-0.2, 0) is 14.8 Å². The van der Waals surface area contributed by atoms with Crippen molar-refractivity contribution in [2.24, 2.45) is 0 Å². The van der Waals surface area contributed by atoms with Crippen molar-refractivity contribution in [1.29, 1.82) is 5.26 Å². The summed E-state index contributed by atoms with van der Waals surface area (Å²) >= 11 is 0. The summed E-state index contributed by atoms with van der Waals surface area (Å²) in [4.78, 5) is -0.618. The molecule has 110 valence electrons. The normalized spacial score (nSPS) is 11.6. The molecule has 0 amide bonds. The molecule has 0 aliphatic heterocycles. The highest BCUT2D eigenvalue weighted by atomic mass is 32.2. The molecule has 0 saturated carbocycles. The molecule has 5 nitrogen and oxygen atoms in total. The Kier molecular flexibility index (Phi) is 6.01. The van der Waals surface area contributed by atoms with Crippen LogP contribution in [0.5, 0.6) is 0 Å². The summed E-state index contributed by atoms with van der Waals surface area (Å²) in [6.45, 7) is 0.00378. The van der Waals surface area contributed by atoms with Crippen molar-refractivity contribution in [1.82, 2.24) is 4.31 Å². The number of halogens is 2.